The van der Waals surface area contributed by atoms with Crippen LogP contribution < -0.4 is 5.56 Å². The summed E-state index contributed by atoms with van der Waals surface area (Å²) in [7, 11) is 0. The van der Waals surface area contributed by atoms with E-state index in [2.05, 4.69) is 37.0 Å². The molecule has 2 aromatic carbocycles. The van der Waals surface area contributed by atoms with Gasteiger partial charge in [-0.25, -0.2) is 4.98 Å². The van der Waals surface area contributed by atoms with Crippen LogP contribution in [0.4, 0.5) is 0 Å². The van der Waals surface area contributed by atoms with Crippen LogP contribution in [0, 0.1) is 13.8 Å². The number of aryl methyl sites for hydroxylation is 2. The molecule has 0 radical (unpaired) electrons. The van der Waals surface area contributed by atoms with Crippen molar-refractivity contribution < 1.29 is 0 Å². The summed E-state index contributed by atoms with van der Waals surface area (Å²) >= 11 is 7.41. The zero-order chi connectivity index (χ0) is 18.3. The Labute approximate surface area is 160 Å². The predicted molar refractivity (Wildman–Crippen MR) is 109 cm³/mol. The molecule has 0 saturated heterocycles. The Morgan fingerprint density at radius 1 is 1.12 bits per heavy atom. The maximum absolute atomic E-state index is 12.9. The van der Waals surface area contributed by atoms with Crippen molar-refractivity contribution in [3.8, 4) is 11.1 Å². The molecule has 26 heavy (non-hydrogen) atoms. The first-order chi connectivity index (χ1) is 12.5. The minimum absolute atomic E-state index is 0.00104. The Bertz CT molecular complexity index is 1160. The minimum Gasteiger partial charge on any atom is -0.294 e. The van der Waals surface area contributed by atoms with Gasteiger partial charge in [0.05, 0.1) is 18.4 Å². The lowest BCUT2D eigenvalue weighted by Gasteiger charge is -2.09. The number of aromatic nitrogens is 2. The number of halogens is 1. The van der Waals surface area contributed by atoms with Crippen LogP contribution in [-0.2, 0) is 6.54 Å². The van der Waals surface area contributed by atoms with Crippen LogP contribution >= 0.6 is 22.9 Å². The average molecular weight is 381 g/mol. The summed E-state index contributed by atoms with van der Waals surface area (Å²) < 4.78 is 2.37. The Morgan fingerprint density at radius 3 is 2.65 bits per heavy atom. The van der Waals surface area contributed by atoms with Gasteiger partial charge in [0.2, 0.25) is 0 Å². The molecule has 0 amide bonds. The first kappa shape index (κ1) is 17.0. The third-order valence-corrected chi connectivity index (χ3v) is 5.76. The lowest BCUT2D eigenvalue weighted by molar-refractivity contribution is 0.745. The van der Waals surface area contributed by atoms with Crippen LogP contribution in [0.15, 0.2) is 59.0 Å². The first-order valence-electron chi connectivity index (χ1n) is 8.31. The van der Waals surface area contributed by atoms with Gasteiger partial charge in [0, 0.05) is 16.0 Å². The second-order valence-electron chi connectivity index (χ2n) is 6.44. The van der Waals surface area contributed by atoms with Crippen LogP contribution in [0.3, 0.4) is 0 Å². The van der Waals surface area contributed by atoms with Crippen molar-refractivity contribution in [2.45, 2.75) is 20.4 Å². The number of nitrogens with zero attached hydrogens (tertiary/aromatic N) is 2. The predicted octanol–water partition coefficient (Wildman–Crippen LogP) is 5.44. The zero-order valence-corrected chi connectivity index (χ0v) is 16.1. The normalized spacial score (nSPS) is 11.2. The van der Waals surface area contributed by atoms with Crippen LogP contribution in [0.25, 0.3) is 21.3 Å². The van der Waals surface area contributed by atoms with Gasteiger partial charge in [0.15, 0.2) is 0 Å². The van der Waals surface area contributed by atoms with Gasteiger partial charge in [-0.2, -0.15) is 0 Å². The van der Waals surface area contributed by atoms with Crippen molar-refractivity contribution in [3.05, 3.63) is 86.2 Å². The third-order valence-electron chi connectivity index (χ3n) is 4.55. The first-order valence-corrected chi connectivity index (χ1v) is 9.57. The molecule has 5 heteroatoms. The lowest BCUT2D eigenvalue weighted by atomic mass is 10.1. The van der Waals surface area contributed by atoms with Crippen molar-refractivity contribution in [2.24, 2.45) is 0 Å². The molecule has 4 rings (SSSR count). The van der Waals surface area contributed by atoms with Crippen LogP contribution in [0.1, 0.15) is 16.7 Å². The van der Waals surface area contributed by atoms with Crippen molar-refractivity contribution in [1.29, 1.82) is 0 Å². The maximum Gasteiger partial charge on any atom is 0.271 e. The Balaban J connectivity index is 1.78. The van der Waals surface area contributed by atoms with Gasteiger partial charge in [-0.05, 0) is 42.7 Å². The number of hydrogen-bond acceptors (Lipinski definition) is 3. The molecule has 3 nitrogen and oxygen atoms in total. The van der Waals surface area contributed by atoms with Crippen molar-refractivity contribution >= 4 is 33.2 Å². The van der Waals surface area contributed by atoms with Gasteiger partial charge in [-0.15, -0.1) is 11.3 Å². The summed E-state index contributed by atoms with van der Waals surface area (Å²) in [4.78, 5) is 17.5. The molecule has 130 valence electrons. The summed E-state index contributed by atoms with van der Waals surface area (Å²) in [5.74, 6) is 0. The van der Waals surface area contributed by atoms with Crippen molar-refractivity contribution in [2.75, 3.05) is 0 Å². The van der Waals surface area contributed by atoms with Gasteiger partial charge in [-0.1, -0.05) is 47.5 Å². The topological polar surface area (TPSA) is 34.9 Å². The van der Waals surface area contributed by atoms with Gasteiger partial charge in [0.1, 0.15) is 4.70 Å². The minimum atomic E-state index is 0.00104. The fraction of sp³-hybridized carbons (Fsp3) is 0.143. The van der Waals surface area contributed by atoms with Gasteiger partial charge in [0.25, 0.3) is 5.56 Å². The van der Waals surface area contributed by atoms with E-state index >= 15 is 0 Å². The highest BCUT2D eigenvalue weighted by molar-refractivity contribution is 7.17. The number of hydrogen-bond donors (Lipinski definition) is 0. The summed E-state index contributed by atoms with van der Waals surface area (Å²) in [5, 5.41) is 2.68. The lowest BCUT2D eigenvalue weighted by Crippen LogP contribution is -2.20. The number of rotatable bonds is 3. The molecule has 0 spiro atoms. The summed E-state index contributed by atoms with van der Waals surface area (Å²) in [5.41, 5.74) is 6.24. The molecule has 0 aliphatic rings. The van der Waals surface area contributed by atoms with E-state index in [0.29, 0.717) is 16.3 Å². The van der Waals surface area contributed by atoms with Gasteiger partial charge < -0.3 is 0 Å². The van der Waals surface area contributed by atoms with E-state index < -0.39 is 0 Å². The monoisotopic (exact) mass is 380 g/mol. The Kier molecular flexibility index (Phi) is 4.39. The van der Waals surface area contributed by atoms with Gasteiger partial charge >= 0.3 is 0 Å². The van der Waals surface area contributed by atoms with E-state index in [4.69, 9.17) is 11.6 Å². The molecule has 0 fully saturated rings. The van der Waals surface area contributed by atoms with E-state index in [1.54, 1.807) is 10.9 Å². The zero-order valence-electron chi connectivity index (χ0n) is 14.5. The molecule has 0 unspecified atom stereocenters. The second kappa shape index (κ2) is 6.71. The third kappa shape index (κ3) is 3.06. The summed E-state index contributed by atoms with van der Waals surface area (Å²) in [6, 6.07) is 13.9. The molecular formula is C21H17ClN2OS. The Morgan fingerprint density at radius 2 is 1.88 bits per heavy atom. The van der Waals surface area contributed by atoms with Crippen LogP contribution in [0.2, 0.25) is 5.02 Å². The molecule has 2 heterocycles. The quantitative estimate of drug-likeness (QED) is 0.474. The van der Waals surface area contributed by atoms with E-state index in [1.165, 1.54) is 22.5 Å². The molecule has 0 atom stereocenters. The molecule has 4 aromatic rings. The highest BCUT2D eigenvalue weighted by Gasteiger charge is 2.13. The van der Waals surface area contributed by atoms with E-state index in [-0.39, 0.29) is 5.56 Å². The fourth-order valence-corrected chi connectivity index (χ4v) is 4.14. The molecule has 0 saturated carbocycles. The number of fused-ring (bicyclic) bond motifs is 1. The van der Waals surface area contributed by atoms with Crippen LogP contribution in [0.5, 0.6) is 0 Å². The SMILES string of the molecule is Cc1ccc(C)c(Cn2cnc3c(-c4ccc(Cl)cc4)csc3c2=O)c1. The molecule has 0 aliphatic carbocycles. The number of benzene rings is 2. The smallest absolute Gasteiger partial charge is 0.271 e. The molecular weight excluding hydrogens is 364 g/mol. The second-order valence-corrected chi connectivity index (χ2v) is 7.76. The van der Waals surface area contributed by atoms with E-state index in [0.717, 1.165) is 22.2 Å². The van der Waals surface area contributed by atoms with E-state index in [1.807, 2.05) is 29.6 Å². The van der Waals surface area contributed by atoms with Crippen molar-refractivity contribution in [3.63, 3.8) is 0 Å². The summed E-state index contributed by atoms with van der Waals surface area (Å²) in [6.07, 6.45) is 1.65. The van der Waals surface area contributed by atoms with Gasteiger partial charge in [-0.3, -0.25) is 9.36 Å². The highest BCUT2D eigenvalue weighted by atomic mass is 35.5. The largest absolute Gasteiger partial charge is 0.294 e. The Hall–Kier alpha value is -2.43. The molecule has 2 aromatic heterocycles. The molecule has 0 N–H and O–H groups in total. The highest BCUT2D eigenvalue weighted by Crippen LogP contribution is 2.31. The standard InChI is InChI=1S/C21H17ClN2OS/c1-13-3-4-14(2)16(9-13)10-24-12-23-19-18(11-26-20(19)21(24)25)15-5-7-17(22)8-6-15/h3-9,11-12H,10H2,1-2H3. The maximum atomic E-state index is 12.9. The molecule has 0 aliphatic heterocycles. The number of thiophene rings is 1. The van der Waals surface area contributed by atoms with Crippen molar-refractivity contribution in [1.82, 2.24) is 9.55 Å². The summed E-state index contributed by atoms with van der Waals surface area (Å²) in [6.45, 7) is 4.66. The van der Waals surface area contributed by atoms with Crippen LogP contribution in [-0.4, -0.2) is 9.55 Å². The fourth-order valence-electron chi connectivity index (χ4n) is 3.04. The molecule has 0 bridgehead atoms. The average Bonchev–Trinajstić information content (AvgIpc) is 3.06. The van der Waals surface area contributed by atoms with E-state index in [9.17, 15) is 4.79 Å².